The van der Waals surface area contributed by atoms with Crippen LogP contribution in [0.2, 0.25) is 0 Å². The van der Waals surface area contributed by atoms with Gasteiger partial charge in [-0.3, -0.25) is 4.90 Å². The summed E-state index contributed by atoms with van der Waals surface area (Å²) in [5.74, 6) is 0.256. The Morgan fingerprint density at radius 2 is 2.29 bits per heavy atom. The molecule has 0 aromatic heterocycles. The fraction of sp³-hybridized carbons (Fsp3) is 0.889. The van der Waals surface area contributed by atoms with Gasteiger partial charge in [0, 0.05) is 12.6 Å². The van der Waals surface area contributed by atoms with E-state index in [1.165, 1.54) is 0 Å². The first-order chi connectivity index (χ1) is 6.56. The van der Waals surface area contributed by atoms with Crippen molar-refractivity contribution < 1.29 is 9.94 Å². The molecular formula is C9H19N3O2. The lowest BCUT2D eigenvalue weighted by Crippen LogP contribution is -2.55. The molecule has 3 unspecified atom stereocenters. The number of oxime groups is 1. The lowest BCUT2D eigenvalue weighted by molar-refractivity contribution is -0.0548. The average molecular weight is 201 g/mol. The van der Waals surface area contributed by atoms with Crippen LogP contribution in [0.4, 0.5) is 0 Å². The normalized spacial score (nSPS) is 32.9. The summed E-state index contributed by atoms with van der Waals surface area (Å²) >= 11 is 0. The summed E-state index contributed by atoms with van der Waals surface area (Å²) in [6, 6.07) is 0.267. The SMILES string of the molecule is CC1CN(C(C)C(N)=NO)C(C)CO1. The number of amidine groups is 1. The third-order valence-electron chi connectivity index (χ3n) is 2.70. The number of hydrogen-bond donors (Lipinski definition) is 2. The van der Waals surface area contributed by atoms with Gasteiger partial charge in [-0.05, 0) is 20.8 Å². The zero-order valence-electron chi connectivity index (χ0n) is 8.97. The van der Waals surface area contributed by atoms with Crippen molar-refractivity contribution in [1.29, 1.82) is 0 Å². The zero-order chi connectivity index (χ0) is 10.7. The van der Waals surface area contributed by atoms with Gasteiger partial charge < -0.3 is 15.7 Å². The molecule has 0 amide bonds. The molecule has 1 saturated heterocycles. The van der Waals surface area contributed by atoms with Gasteiger partial charge in [0.05, 0.1) is 18.8 Å². The molecule has 1 aliphatic rings. The average Bonchev–Trinajstić information content (AvgIpc) is 2.19. The number of hydrogen-bond acceptors (Lipinski definition) is 4. The monoisotopic (exact) mass is 201 g/mol. The standard InChI is InChI=1S/C9H19N3O2/c1-6-5-14-7(2)4-12(6)8(3)9(10)11-13/h6-8,13H,4-5H2,1-3H3,(H2,10,11). The van der Waals surface area contributed by atoms with Crippen molar-refractivity contribution in [3.8, 4) is 0 Å². The molecule has 5 heteroatoms. The molecule has 0 aliphatic carbocycles. The van der Waals surface area contributed by atoms with Gasteiger partial charge in [-0.15, -0.1) is 0 Å². The van der Waals surface area contributed by atoms with Crippen molar-refractivity contribution in [3.63, 3.8) is 0 Å². The van der Waals surface area contributed by atoms with Crippen LogP contribution in [0.15, 0.2) is 5.16 Å². The maximum absolute atomic E-state index is 8.59. The van der Waals surface area contributed by atoms with Gasteiger partial charge in [-0.25, -0.2) is 0 Å². The van der Waals surface area contributed by atoms with E-state index in [1.54, 1.807) is 0 Å². The van der Waals surface area contributed by atoms with Gasteiger partial charge in [0.15, 0.2) is 5.84 Å². The number of nitrogens with two attached hydrogens (primary N) is 1. The van der Waals surface area contributed by atoms with Crippen molar-refractivity contribution in [1.82, 2.24) is 4.90 Å². The van der Waals surface area contributed by atoms with Crippen LogP contribution in [-0.2, 0) is 4.74 Å². The van der Waals surface area contributed by atoms with E-state index >= 15 is 0 Å². The van der Waals surface area contributed by atoms with E-state index in [0.29, 0.717) is 12.6 Å². The topological polar surface area (TPSA) is 71.1 Å². The second-order valence-corrected chi connectivity index (χ2v) is 3.89. The Morgan fingerprint density at radius 1 is 1.64 bits per heavy atom. The molecule has 0 aromatic rings. The second kappa shape index (κ2) is 4.61. The molecule has 82 valence electrons. The molecule has 0 radical (unpaired) electrons. The molecule has 1 fully saturated rings. The first-order valence-corrected chi connectivity index (χ1v) is 4.91. The number of ether oxygens (including phenoxy) is 1. The van der Waals surface area contributed by atoms with E-state index in [2.05, 4.69) is 17.0 Å². The van der Waals surface area contributed by atoms with Crippen molar-refractivity contribution >= 4 is 5.84 Å². The quantitative estimate of drug-likeness (QED) is 0.290. The molecule has 1 rings (SSSR count). The highest BCUT2D eigenvalue weighted by Gasteiger charge is 2.29. The molecule has 14 heavy (non-hydrogen) atoms. The van der Waals surface area contributed by atoms with E-state index in [-0.39, 0.29) is 18.0 Å². The van der Waals surface area contributed by atoms with Gasteiger partial charge in [0.1, 0.15) is 0 Å². The summed E-state index contributed by atoms with van der Waals surface area (Å²) in [6.45, 7) is 7.55. The molecule has 0 aromatic carbocycles. The fourth-order valence-electron chi connectivity index (χ4n) is 1.72. The third-order valence-corrected chi connectivity index (χ3v) is 2.70. The summed E-state index contributed by atoms with van der Waals surface area (Å²) in [5.41, 5.74) is 5.57. The van der Waals surface area contributed by atoms with Gasteiger partial charge in [-0.2, -0.15) is 0 Å². The Kier molecular flexibility index (Phi) is 3.71. The molecule has 1 aliphatic heterocycles. The summed E-state index contributed by atoms with van der Waals surface area (Å²) in [5, 5.41) is 11.6. The maximum atomic E-state index is 8.59. The largest absolute Gasteiger partial charge is 0.409 e. The Hall–Kier alpha value is -0.810. The summed E-state index contributed by atoms with van der Waals surface area (Å²) < 4.78 is 5.50. The van der Waals surface area contributed by atoms with Crippen LogP contribution in [0.3, 0.4) is 0 Å². The van der Waals surface area contributed by atoms with Crippen LogP contribution < -0.4 is 5.73 Å². The van der Waals surface area contributed by atoms with E-state index < -0.39 is 0 Å². The minimum Gasteiger partial charge on any atom is -0.409 e. The molecule has 0 bridgehead atoms. The number of morpholine rings is 1. The highest BCUT2D eigenvalue weighted by molar-refractivity contribution is 5.84. The molecule has 5 nitrogen and oxygen atoms in total. The number of nitrogens with zero attached hydrogens (tertiary/aromatic N) is 2. The van der Waals surface area contributed by atoms with Crippen LogP contribution in [-0.4, -0.2) is 47.3 Å². The van der Waals surface area contributed by atoms with Gasteiger partial charge in [0.2, 0.25) is 0 Å². The number of rotatable bonds is 2. The smallest absolute Gasteiger partial charge is 0.156 e. The predicted molar refractivity (Wildman–Crippen MR) is 54.5 cm³/mol. The molecule has 3 atom stereocenters. The van der Waals surface area contributed by atoms with Gasteiger partial charge in [-0.1, -0.05) is 5.16 Å². The molecule has 3 N–H and O–H groups in total. The van der Waals surface area contributed by atoms with Crippen LogP contribution in [0.25, 0.3) is 0 Å². The van der Waals surface area contributed by atoms with Crippen molar-refractivity contribution in [2.45, 2.75) is 39.0 Å². The Bertz CT molecular complexity index is 220. The molecule has 1 heterocycles. The summed E-state index contributed by atoms with van der Waals surface area (Å²) in [7, 11) is 0. The van der Waals surface area contributed by atoms with E-state index in [0.717, 1.165) is 6.54 Å². The van der Waals surface area contributed by atoms with Crippen LogP contribution in [0.5, 0.6) is 0 Å². The van der Waals surface area contributed by atoms with E-state index in [1.807, 2.05) is 13.8 Å². The molecular weight excluding hydrogens is 182 g/mol. The highest BCUT2D eigenvalue weighted by Crippen LogP contribution is 2.14. The summed E-state index contributed by atoms with van der Waals surface area (Å²) in [4.78, 5) is 2.18. The lowest BCUT2D eigenvalue weighted by Gasteiger charge is -2.39. The minimum absolute atomic E-state index is 0.0404. The Morgan fingerprint density at radius 3 is 2.86 bits per heavy atom. The fourth-order valence-corrected chi connectivity index (χ4v) is 1.72. The zero-order valence-corrected chi connectivity index (χ0v) is 8.97. The summed E-state index contributed by atoms with van der Waals surface area (Å²) in [6.07, 6.45) is 0.208. The second-order valence-electron chi connectivity index (χ2n) is 3.89. The van der Waals surface area contributed by atoms with Crippen molar-refractivity contribution in [3.05, 3.63) is 0 Å². The maximum Gasteiger partial charge on any atom is 0.156 e. The first kappa shape index (κ1) is 11.3. The van der Waals surface area contributed by atoms with Crippen LogP contribution in [0, 0.1) is 0 Å². The van der Waals surface area contributed by atoms with Crippen molar-refractivity contribution in [2.24, 2.45) is 10.9 Å². The molecule has 0 spiro atoms. The van der Waals surface area contributed by atoms with Gasteiger partial charge in [0.25, 0.3) is 0 Å². The lowest BCUT2D eigenvalue weighted by atomic mass is 10.1. The highest BCUT2D eigenvalue weighted by atomic mass is 16.5. The Labute approximate surface area is 84.5 Å². The van der Waals surface area contributed by atoms with Crippen LogP contribution in [0.1, 0.15) is 20.8 Å². The minimum atomic E-state index is -0.0404. The van der Waals surface area contributed by atoms with Gasteiger partial charge >= 0.3 is 0 Å². The third kappa shape index (κ3) is 2.36. The Balaban J connectivity index is 2.64. The van der Waals surface area contributed by atoms with E-state index in [4.69, 9.17) is 15.7 Å². The predicted octanol–water partition coefficient (Wildman–Crippen LogP) is 0.230. The first-order valence-electron chi connectivity index (χ1n) is 4.91. The molecule has 0 saturated carbocycles. The van der Waals surface area contributed by atoms with E-state index in [9.17, 15) is 0 Å². The van der Waals surface area contributed by atoms with Crippen molar-refractivity contribution in [2.75, 3.05) is 13.2 Å². The van der Waals surface area contributed by atoms with Crippen LogP contribution >= 0.6 is 0 Å².